The van der Waals surface area contributed by atoms with Gasteiger partial charge in [0, 0.05) is 38.3 Å². The van der Waals surface area contributed by atoms with Gasteiger partial charge in [0.2, 0.25) is 0 Å². The van der Waals surface area contributed by atoms with E-state index in [-0.39, 0.29) is 38.3 Å². The summed E-state index contributed by atoms with van der Waals surface area (Å²) in [4.78, 5) is 0. The Balaban J connectivity index is -0.0000000270. The monoisotopic (exact) mass is 242 g/mol. The van der Waals surface area contributed by atoms with Crippen LogP contribution >= 0.6 is 0 Å². The van der Waals surface area contributed by atoms with Gasteiger partial charge in [-0.2, -0.15) is 19.3 Å². The Morgan fingerprint density at radius 1 is 0.643 bits per heavy atom. The smallest absolute Gasteiger partial charge is 0 e. The van der Waals surface area contributed by atoms with Crippen LogP contribution in [0.1, 0.15) is 59.3 Å². The maximum atomic E-state index is 3.60. The van der Waals surface area contributed by atoms with E-state index in [0.29, 0.717) is 0 Å². The zero-order valence-electron chi connectivity index (χ0n) is 11.1. The molecule has 0 bridgehead atoms. The van der Waals surface area contributed by atoms with E-state index < -0.39 is 0 Å². The Kier molecular flexibility index (Phi) is 100. The number of rotatable bonds is 3. The standard InChI is InChI=1S/3C4H9.Li.Zn/c3*1-3-4-2;;/h3*1,3-4H2,2H3;;/q3*-1;;. The van der Waals surface area contributed by atoms with E-state index in [0.717, 1.165) is 19.3 Å². The Bertz CT molecular complexity index is 25.8. The first kappa shape index (κ1) is 29.5. The average Bonchev–Trinajstić information content (AvgIpc) is 2.18. The van der Waals surface area contributed by atoms with Crippen molar-refractivity contribution in [1.82, 2.24) is 0 Å². The fourth-order valence-electron chi connectivity index (χ4n) is 0. The number of hydrogen-bond acceptors (Lipinski definition) is 0. The zero-order valence-corrected chi connectivity index (χ0v) is 14.0. The van der Waals surface area contributed by atoms with Crippen molar-refractivity contribution in [3.05, 3.63) is 20.8 Å². The quantitative estimate of drug-likeness (QED) is 0.507. The first-order valence-corrected chi connectivity index (χ1v) is 5.12. The predicted molar refractivity (Wildman–Crippen MR) is 66.5 cm³/mol. The van der Waals surface area contributed by atoms with Crippen LogP contribution in [0.25, 0.3) is 0 Å². The van der Waals surface area contributed by atoms with Crippen LogP contribution in [0.15, 0.2) is 0 Å². The fourth-order valence-corrected chi connectivity index (χ4v) is 0. The van der Waals surface area contributed by atoms with E-state index in [2.05, 4.69) is 41.5 Å². The Morgan fingerprint density at radius 3 is 0.714 bits per heavy atom. The van der Waals surface area contributed by atoms with Gasteiger partial charge in [-0.25, -0.2) is 0 Å². The van der Waals surface area contributed by atoms with Crippen molar-refractivity contribution in [3.8, 4) is 0 Å². The second-order valence-electron chi connectivity index (χ2n) is 2.56. The molecule has 1 radical (unpaired) electrons. The van der Waals surface area contributed by atoms with Crippen LogP contribution in [0.3, 0.4) is 0 Å². The van der Waals surface area contributed by atoms with Crippen molar-refractivity contribution in [2.45, 2.75) is 59.3 Å². The first-order chi connectivity index (χ1) is 5.74. The van der Waals surface area contributed by atoms with E-state index in [9.17, 15) is 0 Å². The summed E-state index contributed by atoms with van der Waals surface area (Å²) in [5.41, 5.74) is 0. The molecule has 0 fully saturated rings. The third-order valence-corrected chi connectivity index (χ3v) is 1.06. The van der Waals surface area contributed by atoms with Crippen LogP contribution in [0.4, 0.5) is 0 Å². The third kappa shape index (κ3) is 111. The topological polar surface area (TPSA) is 0 Å². The minimum Gasteiger partial charge on any atom is -0.343 e. The second kappa shape index (κ2) is 47.7. The summed E-state index contributed by atoms with van der Waals surface area (Å²) in [5.74, 6) is 0. The normalized spacial score (nSPS) is 6.43. The summed E-state index contributed by atoms with van der Waals surface area (Å²) in [6.07, 6.45) is 6.83. The van der Waals surface area contributed by atoms with E-state index >= 15 is 0 Å². The van der Waals surface area contributed by atoms with E-state index in [1.54, 1.807) is 0 Å². The van der Waals surface area contributed by atoms with Gasteiger partial charge in [-0.3, -0.25) is 0 Å². The largest absolute Gasteiger partial charge is 0.343 e. The zero-order chi connectivity index (χ0) is 10.2. The third-order valence-electron chi connectivity index (χ3n) is 1.06. The molecule has 0 aromatic heterocycles. The van der Waals surface area contributed by atoms with Crippen molar-refractivity contribution in [3.63, 3.8) is 0 Å². The molecule has 0 saturated carbocycles. The van der Waals surface area contributed by atoms with Crippen LogP contribution in [-0.4, -0.2) is 18.9 Å². The molecule has 0 spiro atoms. The van der Waals surface area contributed by atoms with Gasteiger partial charge in [-0.05, 0) is 0 Å². The summed E-state index contributed by atoms with van der Waals surface area (Å²) < 4.78 is 0. The van der Waals surface area contributed by atoms with Crippen molar-refractivity contribution in [2.75, 3.05) is 0 Å². The van der Waals surface area contributed by atoms with Crippen LogP contribution in [-0.2, 0) is 19.5 Å². The number of unbranched alkanes of at least 4 members (excludes halogenated alkanes) is 3. The molecule has 0 aliphatic rings. The van der Waals surface area contributed by atoms with Crippen molar-refractivity contribution >= 4 is 18.9 Å². The summed E-state index contributed by atoms with van der Waals surface area (Å²) in [5, 5.41) is 0. The SMILES string of the molecule is [CH2-]CCC.[CH2-]CCC.[CH2-]CCC.[Li].[Zn]. The fraction of sp³-hybridized carbons (Fsp3) is 0.750. The molecule has 0 unspecified atom stereocenters. The van der Waals surface area contributed by atoms with E-state index in [4.69, 9.17) is 0 Å². The maximum absolute atomic E-state index is 3.60. The van der Waals surface area contributed by atoms with Gasteiger partial charge >= 0.3 is 0 Å². The molecule has 0 amide bonds. The van der Waals surface area contributed by atoms with E-state index in [1.165, 1.54) is 19.3 Å². The second-order valence-corrected chi connectivity index (χ2v) is 2.56. The molecule has 0 saturated heterocycles. The van der Waals surface area contributed by atoms with Crippen LogP contribution < -0.4 is 0 Å². The molecule has 0 aliphatic heterocycles. The predicted octanol–water partition coefficient (Wildman–Crippen LogP) is 4.48. The molecule has 0 atom stereocenters. The molecule has 81 valence electrons. The molecule has 14 heavy (non-hydrogen) atoms. The van der Waals surface area contributed by atoms with Crippen molar-refractivity contribution in [1.29, 1.82) is 0 Å². The molecule has 0 aliphatic carbocycles. The van der Waals surface area contributed by atoms with Gasteiger partial charge in [0.15, 0.2) is 0 Å². The molecule has 0 heterocycles. The summed E-state index contributed by atoms with van der Waals surface area (Å²) in [7, 11) is 0. The minimum absolute atomic E-state index is 0. The summed E-state index contributed by atoms with van der Waals surface area (Å²) >= 11 is 0. The molecule has 0 N–H and O–H groups in total. The summed E-state index contributed by atoms with van der Waals surface area (Å²) in [6, 6.07) is 0. The number of hydrogen-bond donors (Lipinski definition) is 0. The Hall–Kier alpha value is 1.22. The van der Waals surface area contributed by atoms with Gasteiger partial charge < -0.3 is 20.8 Å². The van der Waals surface area contributed by atoms with Gasteiger partial charge in [-0.1, -0.05) is 40.0 Å². The van der Waals surface area contributed by atoms with Crippen LogP contribution in [0, 0.1) is 20.8 Å². The summed E-state index contributed by atoms with van der Waals surface area (Å²) in [6.45, 7) is 17.2. The molecular formula is C12H27LiZn-3. The molecule has 0 rings (SSSR count). The van der Waals surface area contributed by atoms with Gasteiger partial charge in [0.1, 0.15) is 0 Å². The van der Waals surface area contributed by atoms with Crippen LogP contribution in [0.2, 0.25) is 0 Å². The molecule has 0 aromatic carbocycles. The van der Waals surface area contributed by atoms with Crippen LogP contribution in [0.5, 0.6) is 0 Å². The Labute approximate surface area is 118 Å². The van der Waals surface area contributed by atoms with Gasteiger partial charge in [-0.15, -0.1) is 0 Å². The Morgan fingerprint density at radius 2 is 0.714 bits per heavy atom. The minimum atomic E-state index is 0. The average molecular weight is 244 g/mol. The van der Waals surface area contributed by atoms with Gasteiger partial charge in [0.05, 0.1) is 0 Å². The first-order valence-electron chi connectivity index (χ1n) is 5.12. The molecule has 2 heteroatoms. The van der Waals surface area contributed by atoms with Crippen molar-refractivity contribution < 1.29 is 19.5 Å². The van der Waals surface area contributed by atoms with Crippen molar-refractivity contribution in [2.24, 2.45) is 0 Å². The molecule has 0 nitrogen and oxygen atoms in total. The molecule has 0 aromatic rings. The van der Waals surface area contributed by atoms with E-state index in [1.807, 2.05) is 0 Å². The van der Waals surface area contributed by atoms with Gasteiger partial charge in [0.25, 0.3) is 0 Å². The maximum Gasteiger partial charge on any atom is 0 e. The molecular weight excluding hydrogens is 216 g/mol.